The number of nitrogens with zero attached hydrogens (tertiary/aromatic N) is 2. The van der Waals surface area contributed by atoms with Gasteiger partial charge in [-0.15, -0.1) is 10.2 Å². The number of aromatic nitrogens is 2. The average Bonchev–Trinajstić information content (AvgIpc) is 2.62. The van der Waals surface area contributed by atoms with Gasteiger partial charge in [-0.1, -0.05) is 13.3 Å². The van der Waals surface area contributed by atoms with Crippen LogP contribution in [0.25, 0.3) is 0 Å². The third-order valence-corrected chi connectivity index (χ3v) is 4.79. The average molecular weight is 366 g/mol. The van der Waals surface area contributed by atoms with Crippen LogP contribution in [0, 0.1) is 0 Å². The largest absolute Gasteiger partial charge is 0.497 e. The van der Waals surface area contributed by atoms with Gasteiger partial charge in [-0.3, -0.25) is 4.72 Å². The molecule has 0 saturated carbocycles. The molecule has 0 aliphatic rings. The quantitative estimate of drug-likeness (QED) is 0.657. The topological polar surface area (TPSA) is 102 Å². The Morgan fingerprint density at radius 3 is 2.36 bits per heavy atom. The lowest BCUT2D eigenvalue weighted by atomic mass is 10.3. The first kappa shape index (κ1) is 18.8. The lowest BCUT2D eigenvalue weighted by Crippen LogP contribution is -2.15. The molecule has 0 radical (unpaired) electrons. The van der Waals surface area contributed by atoms with Crippen molar-refractivity contribution < 1.29 is 17.9 Å². The molecule has 0 amide bonds. The first-order chi connectivity index (χ1) is 12.0. The summed E-state index contributed by atoms with van der Waals surface area (Å²) in [4.78, 5) is -0.0113. The lowest BCUT2D eigenvalue weighted by molar-refractivity contribution is 0.386. The van der Waals surface area contributed by atoms with E-state index in [2.05, 4.69) is 27.2 Å². The number of nitrogens with one attached hydrogen (secondary N) is 2. The minimum atomic E-state index is -3.87. The summed E-state index contributed by atoms with van der Waals surface area (Å²) in [5, 5.41) is 11.0. The highest BCUT2D eigenvalue weighted by Gasteiger charge is 2.21. The second-order valence-electron chi connectivity index (χ2n) is 5.21. The Bertz CT molecular complexity index is 794. The zero-order valence-electron chi connectivity index (χ0n) is 14.4. The zero-order valence-corrected chi connectivity index (χ0v) is 15.3. The van der Waals surface area contributed by atoms with Gasteiger partial charge in [0.15, 0.2) is 5.82 Å². The summed E-state index contributed by atoms with van der Waals surface area (Å²) < 4.78 is 37.7. The fraction of sp³-hybridized carbons (Fsp3) is 0.375. The van der Waals surface area contributed by atoms with Gasteiger partial charge >= 0.3 is 0 Å². The molecule has 0 aliphatic carbocycles. The van der Waals surface area contributed by atoms with Crippen LogP contribution in [-0.2, 0) is 10.0 Å². The van der Waals surface area contributed by atoms with Crippen LogP contribution in [-0.4, -0.2) is 39.4 Å². The summed E-state index contributed by atoms with van der Waals surface area (Å²) in [5.74, 6) is 1.40. The van der Waals surface area contributed by atoms with Crippen molar-refractivity contribution in [1.82, 2.24) is 10.2 Å². The van der Waals surface area contributed by atoms with Crippen LogP contribution in [0.4, 0.5) is 11.6 Å². The third-order valence-electron chi connectivity index (χ3n) is 3.40. The highest BCUT2D eigenvalue weighted by molar-refractivity contribution is 7.92. The summed E-state index contributed by atoms with van der Waals surface area (Å²) in [6.07, 6.45) is 2.09. The van der Waals surface area contributed by atoms with E-state index in [0.717, 1.165) is 19.4 Å². The van der Waals surface area contributed by atoms with Crippen molar-refractivity contribution in [2.75, 3.05) is 30.8 Å². The van der Waals surface area contributed by atoms with Gasteiger partial charge < -0.3 is 14.8 Å². The van der Waals surface area contributed by atoms with Crippen LogP contribution in [0.1, 0.15) is 19.8 Å². The number of anilines is 2. The molecule has 0 saturated heterocycles. The van der Waals surface area contributed by atoms with Crippen LogP contribution >= 0.6 is 0 Å². The molecule has 136 valence electrons. The minimum Gasteiger partial charge on any atom is -0.497 e. The third kappa shape index (κ3) is 4.96. The number of sulfonamides is 1. The maximum atomic E-state index is 12.6. The summed E-state index contributed by atoms with van der Waals surface area (Å²) in [6, 6.07) is 7.68. The molecule has 2 rings (SSSR count). The molecule has 0 aliphatic heterocycles. The lowest BCUT2D eigenvalue weighted by Gasteiger charge is -2.12. The predicted octanol–water partition coefficient (Wildman–Crippen LogP) is 2.51. The molecule has 0 spiro atoms. The smallest absolute Gasteiger partial charge is 0.266 e. The zero-order chi connectivity index (χ0) is 18.3. The van der Waals surface area contributed by atoms with Crippen molar-refractivity contribution in [3.63, 3.8) is 0 Å². The van der Waals surface area contributed by atoms with E-state index in [4.69, 9.17) is 9.47 Å². The van der Waals surface area contributed by atoms with Crippen LogP contribution in [0.3, 0.4) is 0 Å². The Morgan fingerprint density at radius 1 is 1.04 bits per heavy atom. The van der Waals surface area contributed by atoms with E-state index in [0.29, 0.717) is 11.6 Å². The molecule has 1 aromatic carbocycles. The number of methoxy groups -OCH3 is 2. The number of ether oxygens (including phenoxy) is 2. The van der Waals surface area contributed by atoms with E-state index in [9.17, 15) is 8.42 Å². The van der Waals surface area contributed by atoms with Gasteiger partial charge in [0.05, 0.1) is 14.2 Å². The predicted molar refractivity (Wildman–Crippen MR) is 95.8 cm³/mol. The SMILES string of the molecule is CCCCNc1ccc(NS(=O)(=O)c2ccc(OC)cc2OC)nn1. The highest BCUT2D eigenvalue weighted by Crippen LogP contribution is 2.29. The molecular weight excluding hydrogens is 344 g/mol. The van der Waals surface area contributed by atoms with Crippen LogP contribution in [0.15, 0.2) is 35.2 Å². The van der Waals surface area contributed by atoms with Crippen molar-refractivity contribution in [3.8, 4) is 11.5 Å². The molecule has 0 fully saturated rings. The Balaban J connectivity index is 2.16. The van der Waals surface area contributed by atoms with E-state index in [1.54, 1.807) is 18.2 Å². The van der Waals surface area contributed by atoms with Crippen molar-refractivity contribution in [2.24, 2.45) is 0 Å². The van der Waals surface area contributed by atoms with Gasteiger partial charge in [-0.05, 0) is 30.7 Å². The second-order valence-corrected chi connectivity index (χ2v) is 6.86. The number of hydrogen-bond donors (Lipinski definition) is 2. The molecule has 1 aromatic heterocycles. The minimum absolute atomic E-state index is 0.0113. The normalized spacial score (nSPS) is 11.0. The van der Waals surface area contributed by atoms with Crippen LogP contribution in [0.5, 0.6) is 11.5 Å². The van der Waals surface area contributed by atoms with Gasteiger partial charge in [0.25, 0.3) is 10.0 Å². The Hall–Kier alpha value is -2.55. The van der Waals surface area contributed by atoms with Crippen molar-refractivity contribution in [2.45, 2.75) is 24.7 Å². The summed E-state index contributed by atoms with van der Waals surface area (Å²) in [7, 11) is -0.982. The van der Waals surface area contributed by atoms with Crippen molar-refractivity contribution >= 4 is 21.7 Å². The molecule has 2 N–H and O–H groups in total. The molecule has 25 heavy (non-hydrogen) atoms. The maximum absolute atomic E-state index is 12.6. The molecule has 9 heteroatoms. The number of rotatable bonds is 9. The van der Waals surface area contributed by atoms with E-state index in [-0.39, 0.29) is 16.5 Å². The fourth-order valence-corrected chi connectivity index (χ4v) is 3.21. The van der Waals surface area contributed by atoms with Gasteiger partial charge in [-0.25, -0.2) is 8.42 Å². The second kappa shape index (κ2) is 8.52. The highest BCUT2D eigenvalue weighted by atomic mass is 32.2. The molecule has 0 atom stereocenters. The Morgan fingerprint density at radius 2 is 1.76 bits per heavy atom. The first-order valence-corrected chi connectivity index (χ1v) is 9.31. The van der Waals surface area contributed by atoms with E-state index in [1.165, 1.54) is 26.4 Å². The van der Waals surface area contributed by atoms with E-state index in [1.807, 2.05) is 0 Å². The number of benzene rings is 1. The molecule has 0 unspecified atom stereocenters. The van der Waals surface area contributed by atoms with Gasteiger partial charge in [0, 0.05) is 12.6 Å². The van der Waals surface area contributed by atoms with E-state index < -0.39 is 10.0 Å². The molecule has 8 nitrogen and oxygen atoms in total. The monoisotopic (exact) mass is 366 g/mol. The first-order valence-electron chi connectivity index (χ1n) is 7.82. The molecule has 0 bridgehead atoms. The van der Waals surface area contributed by atoms with Gasteiger partial charge in [0.1, 0.15) is 22.2 Å². The van der Waals surface area contributed by atoms with Gasteiger partial charge in [0.2, 0.25) is 0 Å². The molecule has 2 aromatic rings. The van der Waals surface area contributed by atoms with E-state index >= 15 is 0 Å². The van der Waals surface area contributed by atoms with Crippen molar-refractivity contribution in [3.05, 3.63) is 30.3 Å². The molecule has 1 heterocycles. The standard InChI is InChI=1S/C16H22N4O4S/c1-4-5-10-17-15-8-9-16(19-18-15)20-25(21,22)14-7-6-12(23-2)11-13(14)24-3/h6-9,11H,4-5,10H2,1-3H3,(H,17,18)(H,19,20). The number of unbranched alkanes of at least 4 members (excludes halogenated alkanes) is 1. The Kier molecular flexibility index (Phi) is 6.40. The summed E-state index contributed by atoms with van der Waals surface area (Å²) in [6.45, 7) is 2.89. The Labute approximate surface area is 147 Å². The summed E-state index contributed by atoms with van der Waals surface area (Å²) in [5.41, 5.74) is 0. The van der Waals surface area contributed by atoms with Crippen LogP contribution in [0.2, 0.25) is 0 Å². The van der Waals surface area contributed by atoms with Gasteiger partial charge in [-0.2, -0.15) is 0 Å². The fourth-order valence-electron chi connectivity index (χ4n) is 2.06. The molecular formula is C16H22N4O4S. The summed E-state index contributed by atoms with van der Waals surface area (Å²) >= 11 is 0. The van der Waals surface area contributed by atoms with Crippen LogP contribution < -0.4 is 19.5 Å². The van der Waals surface area contributed by atoms with Crippen molar-refractivity contribution in [1.29, 1.82) is 0 Å². The number of hydrogen-bond acceptors (Lipinski definition) is 7. The maximum Gasteiger partial charge on any atom is 0.266 e.